The predicted octanol–water partition coefficient (Wildman–Crippen LogP) is 3.33. The van der Waals surface area contributed by atoms with Gasteiger partial charge in [0.05, 0.1) is 16.6 Å². The number of carbonyl (C=O) groups is 2. The van der Waals surface area contributed by atoms with Crippen LogP contribution in [0.2, 0.25) is 5.02 Å². The highest BCUT2D eigenvalue weighted by Gasteiger charge is 2.36. The molecule has 2 N–H and O–H groups in total. The van der Waals surface area contributed by atoms with Crippen molar-refractivity contribution >= 4 is 44.8 Å². The largest absolute Gasteiger partial charge is 0.360 e. The Hall–Kier alpha value is -2.43. The fraction of sp³-hybridized carbons (Fsp3) is 0.450. The molecule has 31 heavy (non-hydrogen) atoms. The smallest absolute Gasteiger partial charge is 0.248 e. The zero-order chi connectivity index (χ0) is 22.8. The summed E-state index contributed by atoms with van der Waals surface area (Å²) < 4.78 is 32.5. The number of carbonyl (C=O) groups excluding carboxylic acids is 2. The summed E-state index contributed by atoms with van der Waals surface area (Å²) >= 11 is 6.20. The van der Waals surface area contributed by atoms with E-state index in [1.54, 1.807) is 39.0 Å². The van der Waals surface area contributed by atoms with E-state index in [2.05, 4.69) is 15.8 Å². The topological polar surface area (TPSA) is 122 Å². The average molecular weight is 469 g/mol. The lowest BCUT2D eigenvalue weighted by Gasteiger charge is -2.31. The molecule has 2 amide bonds. The predicted molar refractivity (Wildman–Crippen MR) is 116 cm³/mol. The van der Waals surface area contributed by atoms with Gasteiger partial charge >= 0.3 is 0 Å². The number of amides is 2. The fourth-order valence-electron chi connectivity index (χ4n) is 3.53. The second-order valence-electron chi connectivity index (χ2n) is 7.44. The van der Waals surface area contributed by atoms with Crippen molar-refractivity contribution in [2.24, 2.45) is 5.92 Å². The summed E-state index contributed by atoms with van der Waals surface area (Å²) in [6, 6.07) is 4.80. The Balaban J connectivity index is 1.75. The molecule has 0 radical (unpaired) electrons. The third-order valence-corrected chi connectivity index (χ3v) is 7.59. The van der Waals surface area contributed by atoms with Crippen LogP contribution in [0.15, 0.2) is 27.6 Å². The normalized spacial score (nSPS) is 17.4. The van der Waals surface area contributed by atoms with Crippen molar-refractivity contribution in [3.05, 3.63) is 34.7 Å². The lowest BCUT2D eigenvalue weighted by atomic mass is 9.98. The van der Waals surface area contributed by atoms with Gasteiger partial charge in [-0.1, -0.05) is 23.7 Å². The molecule has 3 rings (SSSR count). The Morgan fingerprint density at radius 3 is 2.68 bits per heavy atom. The number of piperidine rings is 1. The van der Waals surface area contributed by atoms with E-state index in [0.29, 0.717) is 47.9 Å². The van der Waals surface area contributed by atoms with Gasteiger partial charge in [0.1, 0.15) is 10.6 Å². The minimum Gasteiger partial charge on any atom is -0.360 e. The third-order valence-electron chi connectivity index (χ3n) is 5.15. The Kier molecular flexibility index (Phi) is 7.03. The number of hydrogen-bond acceptors (Lipinski definition) is 6. The van der Waals surface area contributed by atoms with E-state index < -0.39 is 15.9 Å². The van der Waals surface area contributed by atoms with Crippen LogP contribution in [0.4, 0.5) is 11.4 Å². The first-order chi connectivity index (χ1) is 14.6. The van der Waals surface area contributed by atoms with Gasteiger partial charge in [-0.05, 0) is 44.9 Å². The molecule has 1 saturated heterocycles. The molecule has 1 aromatic carbocycles. The van der Waals surface area contributed by atoms with Crippen LogP contribution in [-0.2, 0) is 19.6 Å². The van der Waals surface area contributed by atoms with Gasteiger partial charge in [-0.15, -0.1) is 0 Å². The molecule has 1 fully saturated rings. The number of benzene rings is 1. The number of hydrogen-bond donors (Lipinski definition) is 2. The first kappa shape index (κ1) is 23.2. The van der Waals surface area contributed by atoms with Crippen molar-refractivity contribution in [1.82, 2.24) is 9.46 Å². The number of aromatic nitrogens is 1. The summed E-state index contributed by atoms with van der Waals surface area (Å²) in [6.07, 6.45) is 1.41. The maximum atomic E-state index is 13.1. The van der Waals surface area contributed by atoms with Crippen LogP contribution in [0.25, 0.3) is 0 Å². The van der Waals surface area contributed by atoms with Gasteiger partial charge in [0.25, 0.3) is 0 Å². The summed E-state index contributed by atoms with van der Waals surface area (Å²) in [7, 11) is -3.83. The lowest BCUT2D eigenvalue weighted by Crippen LogP contribution is -2.43. The zero-order valence-corrected chi connectivity index (χ0v) is 19.1. The monoisotopic (exact) mass is 468 g/mol. The van der Waals surface area contributed by atoms with E-state index >= 15 is 0 Å². The van der Waals surface area contributed by atoms with Crippen LogP contribution >= 0.6 is 11.6 Å². The molecule has 1 aromatic heterocycles. The number of sulfonamides is 1. The van der Waals surface area contributed by atoms with Crippen LogP contribution < -0.4 is 10.6 Å². The van der Waals surface area contributed by atoms with Crippen molar-refractivity contribution in [1.29, 1.82) is 0 Å². The number of anilines is 2. The number of rotatable bonds is 6. The maximum Gasteiger partial charge on any atom is 0.248 e. The minimum atomic E-state index is -3.83. The minimum absolute atomic E-state index is 0.0438. The lowest BCUT2D eigenvalue weighted by molar-refractivity contribution is -0.121. The van der Waals surface area contributed by atoms with Crippen molar-refractivity contribution in [2.45, 2.75) is 44.9 Å². The molecular weight excluding hydrogens is 444 g/mol. The third kappa shape index (κ3) is 5.08. The van der Waals surface area contributed by atoms with E-state index in [-0.39, 0.29) is 29.0 Å². The van der Waals surface area contributed by atoms with Crippen molar-refractivity contribution < 1.29 is 22.5 Å². The highest BCUT2D eigenvalue weighted by atomic mass is 35.5. The highest BCUT2D eigenvalue weighted by Crippen LogP contribution is 2.30. The fourth-order valence-corrected chi connectivity index (χ4v) is 5.51. The van der Waals surface area contributed by atoms with Gasteiger partial charge in [-0.25, -0.2) is 8.42 Å². The van der Waals surface area contributed by atoms with Gasteiger partial charge in [0, 0.05) is 25.2 Å². The van der Waals surface area contributed by atoms with Crippen LogP contribution in [0.3, 0.4) is 0 Å². The average Bonchev–Trinajstić information content (AvgIpc) is 3.09. The summed E-state index contributed by atoms with van der Waals surface area (Å²) in [6.45, 7) is 5.22. The molecule has 9 nitrogen and oxygen atoms in total. The Bertz CT molecular complexity index is 1080. The highest BCUT2D eigenvalue weighted by molar-refractivity contribution is 7.89. The molecule has 0 saturated carbocycles. The number of aryl methyl sites for hydroxylation is 2. The molecule has 168 valence electrons. The Morgan fingerprint density at radius 1 is 1.29 bits per heavy atom. The van der Waals surface area contributed by atoms with Gasteiger partial charge < -0.3 is 15.2 Å². The van der Waals surface area contributed by atoms with Crippen LogP contribution in [0.1, 0.15) is 37.6 Å². The van der Waals surface area contributed by atoms with Gasteiger partial charge in [0.15, 0.2) is 5.76 Å². The molecular formula is C20H25ClN4O5S. The molecule has 11 heteroatoms. The Labute approximate surface area is 186 Å². The molecule has 1 aliphatic rings. The van der Waals surface area contributed by atoms with E-state index in [9.17, 15) is 18.0 Å². The molecule has 1 aliphatic heterocycles. The molecule has 2 heterocycles. The first-order valence-electron chi connectivity index (χ1n) is 9.96. The molecule has 1 atom stereocenters. The Morgan fingerprint density at radius 2 is 2.03 bits per heavy atom. The SMILES string of the molecule is CCC(=O)Nc1ccc(Cl)c(NC(=O)C2CCCN(S(=O)(=O)c3c(C)noc3C)C2)c1. The van der Waals surface area contributed by atoms with Crippen molar-refractivity contribution in [3.63, 3.8) is 0 Å². The van der Waals surface area contributed by atoms with E-state index in [1.165, 1.54) is 4.31 Å². The van der Waals surface area contributed by atoms with Gasteiger partial charge in [-0.3, -0.25) is 9.59 Å². The second-order valence-corrected chi connectivity index (χ2v) is 9.72. The van der Waals surface area contributed by atoms with Crippen LogP contribution in [0.5, 0.6) is 0 Å². The van der Waals surface area contributed by atoms with Crippen molar-refractivity contribution in [3.8, 4) is 0 Å². The van der Waals surface area contributed by atoms with Gasteiger partial charge in [0.2, 0.25) is 21.8 Å². The van der Waals surface area contributed by atoms with Gasteiger partial charge in [-0.2, -0.15) is 4.31 Å². The second kappa shape index (κ2) is 9.37. The molecule has 0 bridgehead atoms. The molecule has 0 aliphatic carbocycles. The van der Waals surface area contributed by atoms with Crippen LogP contribution in [-0.4, -0.2) is 42.8 Å². The molecule has 1 unspecified atom stereocenters. The number of halogens is 1. The number of nitrogens with zero attached hydrogens (tertiary/aromatic N) is 2. The van der Waals surface area contributed by atoms with E-state index in [1.807, 2.05) is 0 Å². The molecule has 0 spiro atoms. The summed E-state index contributed by atoms with van der Waals surface area (Å²) in [5, 5.41) is 9.53. The zero-order valence-electron chi connectivity index (χ0n) is 17.6. The van der Waals surface area contributed by atoms with E-state index in [4.69, 9.17) is 16.1 Å². The molecule has 2 aromatic rings. The number of nitrogens with one attached hydrogen (secondary N) is 2. The maximum absolute atomic E-state index is 13.1. The quantitative estimate of drug-likeness (QED) is 0.670. The standard InChI is InChI=1S/C20H25ClN4O5S/c1-4-18(26)22-15-7-8-16(21)17(10-15)23-20(27)14-6-5-9-25(11-14)31(28,29)19-12(2)24-30-13(19)3/h7-8,10,14H,4-6,9,11H2,1-3H3,(H,22,26)(H,23,27). The van der Waals surface area contributed by atoms with E-state index in [0.717, 1.165) is 0 Å². The summed E-state index contributed by atoms with van der Waals surface area (Å²) in [5.74, 6) is -0.817. The summed E-state index contributed by atoms with van der Waals surface area (Å²) in [5.41, 5.74) is 1.16. The van der Waals surface area contributed by atoms with Crippen molar-refractivity contribution in [2.75, 3.05) is 23.7 Å². The summed E-state index contributed by atoms with van der Waals surface area (Å²) in [4.78, 5) is 24.6. The van der Waals surface area contributed by atoms with Crippen LogP contribution in [0, 0.1) is 19.8 Å². The first-order valence-corrected chi connectivity index (χ1v) is 11.8.